The summed E-state index contributed by atoms with van der Waals surface area (Å²) >= 11 is 0. The maximum absolute atomic E-state index is 12.3. The predicted molar refractivity (Wildman–Crippen MR) is 73.2 cm³/mol. The molecule has 1 aromatic carbocycles. The molecule has 0 heterocycles. The van der Waals surface area contributed by atoms with Gasteiger partial charge in [-0.2, -0.15) is 0 Å². The Balaban J connectivity index is 2.94. The lowest BCUT2D eigenvalue weighted by Gasteiger charge is -2.27. The van der Waals surface area contributed by atoms with E-state index < -0.39 is 4.92 Å². The molecule has 0 radical (unpaired) electrons. The highest BCUT2D eigenvalue weighted by atomic mass is 16.6. The van der Waals surface area contributed by atoms with E-state index in [-0.39, 0.29) is 24.1 Å². The van der Waals surface area contributed by atoms with E-state index >= 15 is 0 Å². The summed E-state index contributed by atoms with van der Waals surface area (Å²) in [5.41, 5.74) is 6.10. The summed E-state index contributed by atoms with van der Waals surface area (Å²) in [5.74, 6) is -0.0962. The van der Waals surface area contributed by atoms with Gasteiger partial charge in [-0.05, 0) is 25.2 Å². The molecule has 1 atom stereocenters. The van der Waals surface area contributed by atoms with Crippen LogP contribution < -0.4 is 5.73 Å². The maximum Gasteiger partial charge on any atom is 0.269 e. The molecule has 0 saturated heterocycles. The van der Waals surface area contributed by atoms with E-state index in [0.29, 0.717) is 5.56 Å². The second-order valence-corrected chi connectivity index (χ2v) is 4.14. The molecule has 2 N–H and O–H groups in total. The number of nitro benzene ring substituents is 1. The van der Waals surface area contributed by atoms with Crippen molar-refractivity contribution in [1.82, 2.24) is 4.90 Å². The van der Waals surface area contributed by atoms with Gasteiger partial charge in [-0.3, -0.25) is 19.8 Å². The van der Waals surface area contributed by atoms with E-state index in [1.54, 1.807) is 0 Å². The first kappa shape index (κ1) is 15.3. The van der Waals surface area contributed by atoms with Gasteiger partial charge in [0.1, 0.15) is 0 Å². The smallest absolute Gasteiger partial charge is 0.269 e. The number of nitro groups is 1. The fourth-order valence-electron chi connectivity index (χ4n) is 2.03. The summed E-state index contributed by atoms with van der Waals surface area (Å²) in [7, 11) is 0. The number of hydrogen-bond donors (Lipinski definition) is 1. The SMILES string of the molecule is CCN(CC)C(CN)C(=O)c1ccc([N+](=O)[O-])cc1. The van der Waals surface area contributed by atoms with Gasteiger partial charge in [0, 0.05) is 24.2 Å². The Hall–Kier alpha value is -1.79. The lowest BCUT2D eigenvalue weighted by Crippen LogP contribution is -2.46. The minimum atomic E-state index is -0.487. The molecule has 0 bridgehead atoms. The van der Waals surface area contributed by atoms with Gasteiger partial charge in [0.2, 0.25) is 0 Å². The van der Waals surface area contributed by atoms with Gasteiger partial charge in [-0.25, -0.2) is 0 Å². The molecule has 19 heavy (non-hydrogen) atoms. The zero-order valence-electron chi connectivity index (χ0n) is 11.2. The molecule has 0 amide bonds. The molecular formula is C13H19N3O3. The van der Waals surface area contributed by atoms with E-state index in [1.165, 1.54) is 24.3 Å². The van der Waals surface area contributed by atoms with E-state index in [0.717, 1.165) is 13.1 Å². The van der Waals surface area contributed by atoms with Crippen molar-refractivity contribution < 1.29 is 9.72 Å². The average Bonchev–Trinajstić information content (AvgIpc) is 2.44. The Kier molecular flexibility index (Phi) is 5.59. The van der Waals surface area contributed by atoms with Crippen molar-refractivity contribution in [2.24, 2.45) is 5.73 Å². The average molecular weight is 265 g/mol. The second kappa shape index (κ2) is 6.96. The number of carbonyl (C=O) groups is 1. The number of nitrogens with zero attached hydrogens (tertiary/aromatic N) is 2. The van der Waals surface area contributed by atoms with Crippen molar-refractivity contribution in [3.8, 4) is 0 Å². The molecule has 0 aliphatic carbocycles. The van der Waals surface area contributed by atoms with E-state index in [4.69, 9.17) is 5.73 Å². The molecule has 6 heteroatoms. The van der Waals surface area contributed by atoms with Crippen LogP contribution in [0.3, 0.4) is 0 Å². The van der Waals surface area contributed by atoms with Gasteiger partial charge in [0.15, 0.2) is 5.78 Å². The van der Waals surface area contributed by atoms with Crippen LogP contribution in [0.15, 0.2) is 24.3 Å². The van der Waals surface area contributed by atoms with E-state index in [2.05, 4.69) is 0 Å². The van der Waals surface area contributed by atoms with Crippen LogP contribution in [0.1, 0.15) is 24.2 Å². The third kappa shape index (κ3) is 3.59. The molecule has 0 aliphatic heterocycles. The maximum atomic E-state index is 12.3. The number of likely N-dealkylation sites (N-methyl/N-ethyl adjacent to an activating group) is 1. The van der Waals surface area contributed by atoms with Gasteiger partial charge in [-0.15, -0.1) is 0 Å². The summed E-state index contributed by atoms with van der Waals surface area (Å²) in [5, 5.41) is 10.6. The van der Waals surface area contributed by atoms with Crippen LogP contribution in [0.4, 0.5) is 5.69 Å². The van der Waals surface area contributed by atoms with Gasteiger partial charge >= 0.3 is 0 Å². The highest BCUT2D eigenvalue weighted by Gasteiger charge is 2.23. The number of non-ortho nitro benzene ring substituents is 1. The first-order valence-electron chi connectivity index (χ1n) is 6.27. The van der Waals surface area contributed by atoms with Crippen LogP contribution in [0.2, 0.25) is 0 Å². The second-order valence-electron chi connectivity index (χ2n) is 4.14. The predicted octanol–water partition coefficient (Wildman–Crippen LogP) is 1.45. The molecule has 1 aromatic rings. The zero-order valence-corrected chi connectivity index (χ0v) is 11.2. The number of carbonyl (C=O) groups excluding carboxylic acids is 1. The number of hydrogen-bond acceptors (Lipinski definition) is 5. The van der Waals surface area contributed by atoms with Crippen LogP contribution in [0, 0.1) is 10.1 Å². The Bertz CT molecular complexity index is 441. The van der Waals surface area contributed by atoms with Crippen LogP contribution in [0.25, 0.3) is 0 Å². The van der Waals surface area contributed by atoms with Crippen molar-refractivity contribution in [1.29, 1.82) is 0 Å². The Morgan fingerprint density at radius 1 is 1.32 bits per heavy atom. The molecule has 104 valence electrons. The molecule has 0 saturated carbocycles. The van der Waals surface area contributed by atoms with Gasteiger partial charge in [0.05, 0.1) is 11.0 Å². The highest BCUT2D eigenvalue weighted by molar-refractivity contribution is 6.00. The van der Waals surface area contributed by atoms with Gasteiger partial charge in [0.25, 0.3) is 5.69 Å². The number of rotatable bonds is 7. The Morgan fingerprint density at radius 3 is 2.21 bits per heavy atom. The summed E-state index contributed by atoms with van der Waals surface area (Å²) in [4.78, 5) is 24.4. The number of Topliss-reactive ketones (excluding diaryl/α,β-unsaturated/α-hetero) is 1. The topological polar surface area (TPSA) is 89.5 Å². The first-order valence-corrected chi connectivity index (χ1v) is 6.27. The highest BCUT2D eigenvalue weighted by Crippen LogP contribution is 2.14. The van der Waals surface area contributed by atoms with Gasteiger partial charge in [-0.1, -0.05) is 13.8 Å². The molecular weight excluding hydrogens is 246 g/mol. The van der Waals surface area contributed by atoms with Crippen LogP contribution >= 0.6 is 0 Å². The molecule has 0 fully saturated rings. The lowest BCUT2D eigenvalue weighted by atomic mass is 10.0. The molecule has 1 unspecified atom stereocenters. The fraction of sp³-hybridized carbons (Fsp3) is 0.462. The quantitative estimate of drug-likeness (QED) is 0.458. The minimum Gasteiger partial charge on any atom is -0.328 e. The number of nitrogens with two attached hydrogens (primary N) is 1. The number of benzene rings is 1. The number of ketones is 1. The third-order valence-electron chi connectivity index (χ3n) is 3.14. The van der Waals surface area contributed by atoms with Gasteiger partial charge < -0.3 is 5.73 Å². The lowest BCUT2D eigenvalue weighted by molar-refractivity contribution is -0.384. The van der Waals surface area contributed by atoms with Crippen molar-refractivity contribution in [3.63, 3.8) is 0 Å². The van der Waals surface area contributed by atoms with Crippen LogP contribution in [-0.2, 0) is 0 Å². The Morgan fingerprint density at radius 2 is 1.84 bits per heavy atom. The van der Waals surface area contributed by atoms with E-state index in [1.807, 2.05) is 18.7 Å². The zero-order chi connectivity index (χ0) is 14.4. The monoisotopic (exact) mass is 265 g/mol. The standard InChI is InChI=1S/C13H19N3O3/c1-3-15(4-2)12(9-14)13(17)10-5-7-11(8-6-10)16(18)19/h5-8,12H,3-4,9,14H2,1-2H3. The molecule has 0 spiro atoms. The largest absolute Gasteiger partial charge is 0.328 e. The van der Waals surface area contributed by atoms with Crippen molar-refractivity contribution in [3.05, 3.63) is 39.9 Å². The minimum absolute atomic E-state index is 0.0244. The summed E-state index contributed by atoms with van der Waals surface area (Å²) in [6.45, 7) is 5.64. The summed E-state index contributed by atoms with van der Waals surface area (Å²) in [6, 6.07) is 5.25. The van der Waals surface area contributed by atoms with Crippen molar-refractivity contribution in [2.45, 2.75) is 19.9 Å². The van der Waals surface area contributed by atoms with E-state index in [9.17, 15) is 14.9 Å². The molecule has 0 aromatic heterocycles. The van der Waals surface area contributed by atoms with Crippen LogP contribution in [0.5, 0.6) is 0 Å². The molecule has 1 rings (SSSR count). The van der Waals surface area contributed by atoms with Crippen LogP contribution in [-0.4, -0.2) is 41.3 Å². The van der Waals surface area contributed by atoms with Crippen molar-refractivity contribution >= 4 is 11.5 Å². The molecule has 6 nitrogen and oxygen atoms in total. The first-order chi connectivity index (χ1) is 9.04. The third-order valence-corrected chi connectivity index (χ3v) is 3.14. The Labute approximate surface area is 112 Å². The fourth-order valence-corrected chi connectivity index (χ4v) is 2.03. The molecule has 0 aliphatic rings. The summed E-state index contributed by atoms with van der Waals surface area (Å²) in [6.07, 6.45) is 0. The normalized spacial score (nSPS) is 12.4. The summed E-state index contributed by atoms with van der Waals surface area (Å²) < 4.78 is 0. The van der Waals surface area contributed by atoms with Crippen molar-refractivity contribution in [2.75, 3.05) is 19.6 Å².